The molecule has 2 aromatic carbocycles. The van der Waals surface area contributed by atoms with Crippen LogP contribution in [0.2, 0.25) is 0 Å². The standard InChI is InChI=1S/C35H45NO4/c1-22-19-31-35(3,18-16-32(37)36(31)21-24-9-12-26(39-5)20-30(24)40-6)29-15-17-34(2)27(13-14-28(34)33(22)29)23-7-10-25(38-4)11-8-23/h7-13,20,22,28-29,31,33H,14-19,21H2,1-6H3/t22?,28-,29+,31?,33-,34+,35+/m0/s1. The van der Waals surface area contributed by atoms with E-state index in [1.54, 1.807) is 21.3 Å². The minimum Gasteiger partial charge on any atom is -0.497 e. The minimum absolute atomic E-state index is 0.134. The van der Waals surface area contributed by atoms with Gasteiger partial charge in [0.05, 0.1) is 21.3 Å². The summed E-state index contributed by atoms with van der Waals surface area (Å²) < 4.78 is 16.6. The van der Waals surface area contributed by atoms with Gasteiger partial charge in [-0.05, 0) is 102 Å². The Morgan fingerprint density at radius 1 is 0.925 bits per heavy atom. The third-order valence-electron chi connectivity index (χ3n) is 11.6. The number of methoxy groups -OCH3 is 3. The normalized spacial score (nSPS) is 34.9. The van der Waals surface area contributed by atoms with E-state index in [1.807, 2.05) is 12.1 Å². The van der Waals surface area contributed by atoms with Crippen molar-refractivity contribution in [3.63, 3.8) is 0 Å². The second kappa shape index (κ2) is 10.2. The van der Waals surface area contributed by atoms with Crippen LogP contribution in [0, 0.1) is 34.5 Å². The number of nitrogens with zero attached hydrogens (tertiary/aromatic N) is 1. The van der Waals surface area contributed by atoms with Gasteiger partial charge < -0.3 is 19.1 Å². The van der Waals surface area contributed by atoms with Gasteiger partial charge in [-0.15, -0.1) is 0 Å². The molecule has 6 rings (SSSR count). The fourth-order valence-corrected chi connectivity index (χ4v) is 9.47. The van der Waals surface area contributed by atoms with Crippen molar-refractivity contribution in [2.45, 2.75) is 71.9 Å². The Kier molecular flexibility index (Phi) is 6.91. The van der Waals surface area contributed by atoms with Crippen LogP contribution in [0.4, 0.5) is 0 Å². The van der Waals surface area contributed by atoms with Gasteiger partial charge in [0.2, 0.25) is 5.91 Å². The zero-order valence-electron chi connectivity index (χ0n) is 25.0. The Hall–Kier alpha value is -2.95. The van der Waals surface area contributed by atoms with Gasteiger partial charge in [-0.25, -0.2) is 0 Å². The molecule has 0 spiro atoms. The number of piperidine rings is 1. The van der Waals surface area contributed by atoms with Gasteiger partial charge in [-0.2, -0.15) is 0 Å². The van der Waals surface area contributed by atoms with Crippen LogP contribution in [0.15, 0.2) is 48.5 Å². The summed E-state index contributed by atoms with van der Waals surface area (Å²) in [6, 6.07) is 14.9. The molecule has 1 saturated heterocycles. The van der Waals surface area contributed by atoms with E-state index >= 15 is 0 Å². The maximum absolute atomic E-state index is 13.5. The molecule has 214 valence electrons. The number of benzene rings is 2. The molecule has 0 aromatic heterocycles. The monoisotopic (exact) mass is 543 g/mol. The topological polar surface area (TPSA) is 48.0 Å². The number of amides is 1. The highest BCUT2D eigenvalue weighted by molar-refractivity contribution is 5.78. The lowest BCUT2D eigenvalue weighted by Gasteiger charge is -2.64. The largest absolute Gasteiger partial charge is 0.497 e. The molecular formula is C35H45NO4. The first-order chi connectivity index (χ1) is 19.2. The predicted octanol–water partition coefficient (Wildman–Crippen LogP) is 7.39. The molecule has 1 aliphatic heterocycles. The number of hydrogen-bond acceptors (Lipinski definition) is 4. The summed E-state index contributed by atoms with van der Waals surface area (Å²) in [5, 5.41) is 0. The van der Waals surface area contributed by atoms with E-state index in [9.17, 15) is 4.79 Å². The lowest BCUT2D eigenvalue weighted by molar-refractivity contribution is -0.167. The van der Waals surface area contributed by atoms with Crippen LogP contribution in [0.3, 0.4) is 0 Å². The number of carbonyl (C=O) groups excluding carboxylic acids is 1. The summed E-state index contributed by atoms with van der Waals surface area (Å²) in [6.07, 6.45) is 8.87. The van der Waals surface area contributed by atoms with Crippen molar-refractivity contribution in [3.8, 4) is 17.2 Å². The second-order valence-electron chi connectivity index (χ2n) is 13.3. The van der Waals surface area contributed by atoms with Crippen molar-refractivity contribution < 1.29 is 19.0 Å². The molecule has 40 heavy (non-hydrogen) atoms. The molecular weight excluding hydrogens is 498 g/mol. The first kappa shape index (κ1) is 27.2. The van der Waals surface area contributed by atoms with E-state index in [-0.39, 0.29) is 22.8 Å². The number of likely N-dealkylation sites (tertiary alicyclic amines) is 1. The molecule has 1 heterocycles. The van der Waals surface area contributed by atoms with Crippen LogP contribution in [0.25, 0.3) is 5.57 Å². The van der Waals surface area contributed by atoms with Crippen LogP contribution < -0.4 is 14.2 Å². The number of allylic oxidation sites excluding steroid dienone is 2. The van der Waals surface area contributed by atoms with Crippen LogP contribution in [-0.4, -0.2) is 38.2 Å². The number of carbonyl (C=O) groups is 1. The third kappa shape index (κ3) is 4.14. The third-order valence-corrected chi connectivity index (χ3v) is 11.6. The van der Waals surface area contributed by atoms with E-state index in [0.717, 1.165) is 42.1 Å². The molecule has 5 heteroatoms. The minimum atomic E-state index is 0.134. The number of ether oxygens (including phenoxy) is 3. The highest BCUT2D eigenvalue weighted by Crippen LogP contribution is 2.67. The molecule has 3 fully saturated rings. The predicted molar refractivity (Wildman–Crippen MR) is 158 cm³/mol. The van der Waals surface area contributed by atoms with Crippen molar-refractivity contribution in [3.05, 3.63) is 59.7 Å². The Bertz CT molecular complexity index is 1300. The van der Waals surface area contributed by atoms with Gasteiger partial charge in [-0.1, -0.05) is 39.0 Å². The molecule has 2 aromatic rings. The number of fused-ring (bicyclic) bond motifs is 5. The maximum Gasteiger partial charge on any atom is 0.223 e. The second-order valence-corrected chi connectivity index (χ2v) is 13.3. The van der Waals surface area contributed by atoms with Crippen LogP contribution in [-0.2, 0) is 11.3 Å². The lowest BCUT2D eigenvalue weighted by Crippen LogP contribution is -2.63. The van der Waals surface area contributed by atoms with Crippen LogP contribution in [0.5, 0.6) is 17.2 Å². The van der Waals surface area contributed by atoms with Crippen molar-refractivity contribution in [1.82, 2.24) is 4.90 Å². The highest BCUT2D eigenvalue weighted by atomic mass is 16.5. The van der Waals surface area contributed by atoms with Gasteiger partial charge in [0, 0.05) is 30.6 Å². The van der Waals surface area contributed by atoms with E-state index in [2.05, 4.69) is 62.1 Å². The summed E-state index contributed by atoms with van der Waals surface area (Å²) in [6.45, 7) is 8.12. The first-order valence-corrected chi connectivity index (χ1v) is 15.1. The average molecular weight is 544 g/mol. The number of hydrogen-bond donors (Lipinski definition) is 0. The SMILES string of the molecule is COc1ccc(C2=CC[C@H]3[C@@H]4C(C)CC5N(Cc6ccc(OC)cc6OC)C(=O)CC[C@]5(C)[C@@H]4CC[C@]23C)cc1. The van der Waals surface area contributed by atoms with Gasteiger partial charge in [0.15, 0.2) is 0 Å². The highest BCUT2D eigenvalue weighted by Gasteiger charge is 2.62. The first-order valence-electron chi connectivity index (χ1n) is 15.1. The van der Waals surface area contributed by atoms with E-state index in [1.165, 1.54) is 24.0 Å². The Morgan fingerprint density at radius 3 is 2.35 bits per heavy atom. The maximum atomic E-state index is 13.5. The molecule has 0 N–H and O–H groups in total. The van der Waals surface area contributed by atoms with Gasteiger partial charge in [-0.3, -0.25) is 4.79 Å². The molecule has 4 aliphatic rings. The van der Waals surface area contributed by atoms with Crippen molar-refractivity contribution in [2.75, 3.05) is 21.3 Å². The van der Waals surface area contributed by atoms with E-state index in [4.69, 9.17) is 14.2 Å². The molecule has 2 unspecified atom stereocenters. The molecule has 0 radical (unpaired) electrons. The Labute approximate surface area is 239 Å². The van der Waals surface area contributed by atoms with E-state index < -0.39 is 0 Å². The summed E-state index contributed by atoms with van der Waals surface area (Å²) in [4.78, 5) is 15.7. The van der Waals surface area contributed by atoms with Crippen molar-refractivity contribution >= 4 is 11.5 Å². The zero-order chi connectivity index (χ0) is 28.2. The van der Waals surface area contributed by atoms with Crippen LogP contribution >= 0.6 is 0 Å². The molecule has 7 atom stereocenters. The summed E-state index contributed by atoms with van der Waals surface area (Å²) in [5.74, 6) is 5.30. The summed E-state index contributed by atoms with van der Waals surface area (Å²) in [5.41, 5.74) is 4.27. The molecule has 5 nitrogen and oxygen atoms in total. The molecule has 2 saturated carbocycles. The van der Waals surface area contributed by atoms with Gasteiger partial charge in [0.1, 0.15) is 17.2 Å². The smallest absolute Gasteiger partial charge is 0.223 e. The van der Waals surface area contributed by atoms with Gasteiger partial charge in [0.25, 0.3) is 0 Å². The van der Waals surface area contributed by atoms with Crippen molar-refractivity contribution in [1.29, 1.82) is 0 Å². The Morgan fingerprint density at radius 2 is 1.65 bits per heavy atom. The quantitative estimate of drug-likeness (QED) is 0.381. The molecule has 3 aliphatic carbocycles. The zero-order valence-corrected chi connectivity index (χ0v) is 25.0. The fraction of sp³-hybridized carbons (Fsp3) is 0.571. The summed E-state index contributed by atoms with van der Waals surface area (Å²) >= 11 is 0. The molecule has 0 bridgehead atoms. The van der Waals surface area contributed by atoms with Crippen molar-refractivity contribution in [2.24, 2.45) is 34.5 Å². The lowest BCUT2D eigenvalue weighted by atomic mass is 9.44. The molecule has 1 amide bonds. The summed E-state index contributed by atoms with van der Waals surface area (Å²) in [7, 11) is 5.10. The van der Waals surface area contributed by atoms with E-state index in [0.29, 0.717) is 36.6 Å². The fourth-order valence-electron chi connectivity index (χ4n) is 9.47. The Balaban J connectivity index is 1.28. The average Bonchev–Trinajstić information content (AvgIpc) is 3.33. The van der Waals surface area contributed by atoms with Crippen LogP contribution in [0.1, 0.15) is 70.4 Å². The number of rotatable bonds is 6. The van der Waals surface area contributed by atoms with Gasteiger partial charge >= 0.3 is 0 Å².